The summed E-state index contributed by atoms with van der Waals surface area (Å²) in [6.07, 6.45) is 2.04. The largest absolute Gasteiger partial charge is 0.379 e. The Balaban J connectivity index is 0.00000484. The zero-order valence-corrected chi connectivity index (χ0v) is 17.6. The first kappa shape index (κ1) is 22.5. The van der Waals surface area contributed by atoms with Crippen LogP contribution in [0.5, 0.6) is 0 Å². The zero-order chi connectivity index (χ0) is 16.4. The van der Waals surface area contributed by atoms with Gasteiger partial charge in [0, 0.05) is 38.2 Å². The van der Waals surface area contributed by atoms with E-state index in [1.807, 2.05) is 6.92 Å². The summed E-state index contributed by atoms with van der Waals surface area (Å²) in [7, 11) is -1.25. The van der Waals surface area contributed by atoms with E-state index in [-0.39, 0.29) is 36.3 Å². The van der Waals surface area contributed by atoms with Crippen LogP contribution in [0.2, 0.25) is 0 Å². The highest BCUT2D eigenvalue weighted by atomic mass is 127. The molecule has 0 amide bonds. The second-order valence-corrected chi connectivity index (χ2v) is 8.10. The molecule has 0 unspecified atom stereocenters. The molecule has 0 fully saturated rings. The van der Waals surface area contributed by atoms with E-state index in [0.29, 0.717) is 19.1 Å². The lowest BCUT2D eigenvalue weighted by molar-refractivity contribution is 0.154. The summed E-state index contributed by atoms with van der Waals surface area (Å²) < 4.78 is 27.1. The molecule has 0 spiro atoms. The average molecular weight is 476 g/mol. The Morgan fingerprint density at radius 1 is 1.35 bits per heavy atom. The lowest BCUT2D eigenvalue weighted by atomic mass is 10.3. The van der Waals surface area contributed by atoms with Crippen LogP contribution in [0, 0.1) is 6.92 Å². The normalized spacial score (nSPS) is 11.9. The fourth-order valence-electron chi connectivity index (χ4n) is 1.61. The molecular formula is C13H25IN4O3S2. The van der Waals surface area contributed by atoms with Crippen LogP contribution in [0.15, 0.2) is 10.4 Å². The maximum absolute atomic E-state index is 10.9. The third kappa shape index (κ3) is 11.7. The smallest absolute Gasteiger partial charge is 0.191 e. The number of hydrogen-bond acceptors (Lipinski definition) is 6. The van der Waals surface area contributed by atoms with E-state index in [1.54, 1.807) is 18.4 Å². The highest BCUT2D eigenvalue weighted by molar-refractivity contribution is 14.0. The van der Waals surface area contributed by atoms with Crippen LogP contribution < -0.4 is 10.6 Å². The van der Waals surface area contributed by atoms with Gasteiger partial charge in [0.2, 0.25) is 0 Å². The molecule has 0 bridgehead atoms. The van der Waals surface area contributed by atoms with Gasteiger partial charge in [0.1, 0.15) is 9.84 Å². The van der Waals surface area contributed by atoms with Gasteiger partial charge >= 0.3 is 0 Å². The predicted molar refractivity (Wildman–Crippen MR) is 106 cm³/mol. The van der Waals surface area contributed by atoms with Crippen molar-refractivity contribution in [3.63, 3.8) is 0 Å². The molecule has 0 atom stereocenters. The summed E-state index contributed by atoms with van der Waals surface area (Å²) in [6.45, 7) is 3.96. The number of aliphatic imine (C=N–C) groups is 1. The van der Waals surface area contributed by atoms with Gasteiger partial charge in [-0.1, -0.05) is 0 Å². The first-order valence-corrected chi connectivity index (χ1v) is 9.95. The van der Waals surface area contributed by atoms with E-state index in [1.165, 1.54) is 6.26 Å². The lowest BCUT2D eigenvalue weighted by Crippen LogP contribution is -2.40. The number of nitrogens with zero attached hydrogens (tertiary/aromatic N) is 2. The van der Waals surface area contributed by atoms with Crippen molar-refractivity contribution < 1.29 is 13.2 Å². The molecule has 1 rings (SSSR count). The van der Waals surface area contributed by atoms with Crippen molar-refractivity contribution in [2.75, 3.05) is 45.4 Å². The molecule has 2 N–H and O–H groups in total. The molecule has 0 radical (unpaired) electrons. The number of rotatable bonds is 9. The molecule has 1 aromatic heterocycles. The van der Waals surface area contributed by atoms with Crippen molar-refractivity contribution in [3.05, 3.63) is 16.1 Å². The van der Waals surface area contributed by atoms with Gasteiger partial charge in [0.25, 0.3) is 0 Å². The summed E-state index contributed by atoms with van der Waals surface area (Å²) in [5.74, 6) is 0.742. The highest BCUT2D eigenvalue weighted by Crippen LogP contribution is 2.07. The van der Waals surface area contributed by atoms with Gasteiger partial charge in [-0.05, 0) is 6.92 Å². The van der Waals surface area contributed by atoms with E-state index >= 15 is 0 Å². The second-order valence-electron chi connectivity index (χ2n) is 4.78. The zero-order valence-electron chi connectivity index (χ0n) is 13.7. The molecule has 1 heterocycles. The Bertz CT molecular complexity index is 576. The molecule has 0 aliphatic carbocycles. The number of nitrogens with one attached hydrogen (secondary N) is 2. The average Bonchev–Trinajstić information content (AvgIpc) is 2.85. The predicted octanol–water partition coefficient (Wildman–Crippen LogP) is 0.838. The summed E-state index contributed by atoms with van der Waals surface area (Å²) in [5, 5.41) is 9.43. The van der Waals surface area contributed by atoms with Crippen molar-refractivity contribution in [2.45, 2.75) is 13.3 Å². The minimum Gasteiger partial charge on any atom is -0.379 e. The number of aromatic nitrogens is 1. The number of halogens is 1. The Labute approximate surface area is 159 Å². The topological polar surface area (TPSA) is 92.7 Å². The Morgan fingerprint density at radius 2 is 2.04 bits per heavy atom. The van der Waals surface area contributed by atoms with Crippen LogP contribution in [-0.2, 0) is 21.0 Å². The SMILES string of the molecule is CN=C(NCCOCCS(C)(=O)=O)NCCc1csc(C)n1.I. The van der Waals surface area contributed by atoms with E-state index in [9.17, 15) is 8.42 Å². The van der Waals surface area contributed by atoms with Crippen molar-refractivity contribution in [1.29, 1.82) is 0 Å². The maximum atomic E-state index is 10.9. The molecule has 0 aliphatic rings. The van der Waals surface area contributed by atoms with Crippen molar-refractivity contribution >= 4 is 51.1 Å². The fraction of sp³-hybridized carbons (Fsp3) is 0.692. The van der Waals surface area contributed by atoms with Gasteiger partial charge < -0.3 is 15.4 Å². The summed E-state index contributed by atoms with van der Waals surface area (Å²) in [5.41, 5.74) is 1.08. The quantitative estimate of drug-likeness (QED) is 0.238. The van der Waals surface area contributed by atoms with Crippen LogP contribution in [0.25, 0.3) is 0 Å². The fourth-order valence-corrected chi connectivity index (χ4v) is 2.67. The lowest BCUT2D eigenvalue weighted by Gasteiger charge is -2.11. The second kappa shape index (κ2) is 12.0. The summed E-state index contributed by atoms with van der Waals surface area (Å²) in [4.78, 5) is 8.50. The van der Waals surface area contributed by atoms with Gasteiger partial charge in [0.15, 0.2) is 5.96 Å². The maximum Gasteiger partial charge on any atom is 0.191 e. The van der Waals surface area contributed by atoms with Gasteiger partial charge in [-0.25, -0.2) is 13.4 Å². The van der Waals surface area contributed by atoms with Crippen LogP contribution in [-0.4, -0.2) is 64.7 Å². The van der Waals surface area contributed by atoms with E-state index in [0.717, 1.165) is 23.7 Å². The number of sulfone groups is 1. The van der Waals surface area contributed by atoms with Gasteiger partial charge in [0.05, 0.1) is 29.7 Å². The molecule has 23 heavy (non-hydrogen) atoms. The van der Waals surface area contributed by atoms with Crippen LogP contribution in [0.3, 0.4) is 0 Å². The van der Waals surface area contributed by atoms with Crippen LogP contribution in [0.1, 0.15) is 10.7 Å². The molecule has 134 valence electrons. The third-order valence-electron chi connectivity index (χ3n) is 2.70. The molecule has 0 saturated heterocycles. The Hall–Kier alpha value is -0.460. The molecule has 0 saturated carbocycles. The number of aryl methyl sites for hydroxylation is 1. The standard InChI is InChI=1S/C13H24N4O3S2.HI/c1-11-17-12(10-21-11)4-5-15-13(14-2)16-6-7-20-8-9-22(3,18)19;/h10H,4-9H2,1-3H3,(H2,14,15,16);1H. The van der Waals surface area contributed by atoms with Crippen molar-refractivity contribution in [2.24, 2.45) is 4.99 Å². The molecule has 1 aromatic rings. The summed E-state index contributed by atoms with van der Waals surface area (Å²) in [6, 6.07) is 0. The monoisotopic (exact) mass is 476 g/mol. The number of ether oxygens (including phenoxy) is 1. The Kier molecular flexibility index (Phi) is 11.7. The van der Waals surface area contributed by atoms with Crippen molar-refractivity contribution in [3.8, 4) is 0 Å². The number of thiazole rings is 1. The van der Waals surface area contributed by atoms with E-state index < -0.39 is 9.84 Å². The summed E-state index contributed by atoms with van der Waals surface area (Å²) >= 11 is 1.65. The van der Waals surface area contributed by atoms with Crippen LogP contribution in [0.4, 0.5) is 0 Å². The minimum atomic E-state index is -2.96. The van der Waals surface area contributed by atoms with Gasteiger partial charge in [-0.2, -0.15) is 0 Å². The molecule has 0 aromatic carbocycles. The van der Waals surface area contributed by atoms with Gasteiger partial charge in [-0.15, -0.1) is 35.3 Å². The van der Waals surface area contributed by atoms with E-state index in [4.69, 9.17) is 4.74 Å². The molecular weight excluding hydrogens is 451 g/mol. The minimum absolute atomic E-state index is 0. The Morgan fingerprint density at radius 3 is 2.61 bits per heavy atom. The number of guanidine groups is 1. The molecule has 7 nitrogen and oxygen atoms in total. The van der Waals surface area contributed by atoms with E-state index in [2.05, 4.69) is 26.0 Å². The number of hydrogen-bond donors (Lipinski definition) is 2. The highest BCUT2D eigenvalue weighted by Gasteiger charge is 2.02. The third-order valence-corrected chi connectivity index (χ3v) is 4.43. The van der Waals surface area contributed by atoms with Gasteiger partial charge in [-0.3, -0.25) is 4.99 Å². The molecule has 0 aliphatic heterocycles. The first-order valence-electron chi connectivity index (χ1n) is 7.01. The van der Waals surface area contributed by atoms with Crippen LogP contribution >= 0.6 is 35.3 Å². The van der Waals surface area contributed by atoms with Crippen molar-refractivity contribution in [1.82, 2.24) is 15.6 Å². The molecule has 10 heteroatoms. The first-order chi connectivity index (χ1) is 10.4.